The molecule has 1 heterocycles. The molecule has 0 unspecified atom stereocenters. The minimum atomic E-state index is -0.513. The van der Waals surface area contributed by atoms with E-state index in [9.17, 15) is 4.79 Å². The predicted octanol–water partition coefficient (Wildman–Crippen LogP) is 3.14. The van der Waals surface area contributed by atoms with Crippen molar-refractivity contribution in [3.8, 4) is 5.88 Å². The first kappa shape index (κ1) is 19.5. The third-order valence-corrected chi connectivity index (χ3v) is 4.24. The van der Waals surface area contributed by atoms with Gasteiger partial charge >= 0.3 is 5.97 Å². The molecule has 0 radical (unpaired) electrons. The summed E-state index contributed by atoms with van der Waals surface area (Å²) in [5.74, 6) is -0.309. The van der Waals surface area contributed by atoms with E-state index >= 15 is 0 Å². The first-order chi connectivity index (χ1) is 12.1. The van der Waals surface area contributed by atoms with E-state index in [-0.39, 0.29) is 24.7 Å². The van der Waals surface area contributed by atoms with Crippen LogP contribution in [0.4, 0.5) is 0 Å². The number of hydrogen-bond acceptors (Lipinski definition) is 7. The van der Waals surface area contributed by atoms with Gasteiger partial charge in [-0.1, -0.05) is 35.5 Å². The quantitative estimate of drug-likeness (QED) is 0.426. The number of esters is 1. The molecule has 2 aromatic rings. The largest absolute Gasteiger partial charge is 0.477 e. The lowest BCUT2D eigenvalue weighted by Gasteiger charge is -2.11. The summed E-state index contributed by atoms with van der Waals surface area (Å²) in [5, 5.41) is 10.2. The van der Waals surface area contributed by atoms with Gasteiger partial charge in [-0.25, -0.2) is 9.78 Å². The van der Waals surface area contributed by atoms with Crippen molar-refractivity contribution in [1.82, 2.24) is 9.97 Å². The average molecular weight is 383 g/mol. The van der Waals surface area contributed by atoms with E-state index in [1.54, 1.807) is 19.1 Å². The number of halogens is 1. The average Bonchev–Trinajstić information content (AvgIpc) is 2.62. The number of hydrogen-bond donors (Lipinski definition) is 1. The van der Waals surface area contributed by atoms with E-state index < -0.39 is 5.97 Å². The lowest BCUT2D eigenvalue weighted by molar-refractivity contribution is 0.0519. The monoisotopic (exact) mass is 382 g/mol. The highest BCUT2D eigenvalue weighted by molar-refractivity contribution is 7.98. The van der Waals surface area contributed by atoms with Gasteiger partial charge in [-0.05, 0) is 30.4 Å². The van der Waals surface area contributed by atoms with Gasteiger partial charge in [0.05, 0.1) is 19.8 Å². The van der Waals surface area contributed by atoms with E-state index in [1.807, 2.05) is 12.3 Å². The van der Waals surface area contributed by atoms with E-state index in [0.29, 0.717) is 28.8 Å². The van der Waals surface area contributed by atoms with Crippen molar-refractivity contribution in [3.63, 3.8) is 0 Å². The van der Waals surface area contributed by atoms with Gasteiger partial charge < -0.3 is 14.6 Å². The molecule has 6 nitrogen and oxygen atoms in total. The maximum atomic E-state index is 12.0. The fourth-order valence-electron chi connectivity index (χ4n) is 2.05. The minimum Gasteiger partial charge on any atom is -0.477 e. The second-order valence-electron chi connectivity index (χ2n) is 4.98. The molecule has 0 spiro atoms. The Bertz CT molecular complexity index is 743. The van der Waals surface area contributed by atoms with Crippen molar-refractivity contribution < 1.29 is 19.4 Å². The van der Waals surface area contributed by atoms with Crippen molar-refractivity contribution >= 4 is 29.3 Å². The summed E-state index contributed by atoms with van der Waals surface area (Å²) in [6.45, 7) is 2.20. The summed E-state index contributed by atoms with van der Waals surface area (Å²) in [4.78, 5) is 20.3. The molecule has 25 heavy (non-hydrogen) atoms. The second-order valence-corrected chi connectivity index (χ2v) is 6.16. The van der Waals surface area contributed by atoms with Gasteiger partial charge in [0.2, 0.25) is 5.88 Å². The summed E-state index contributed by atoms with van der Waals surface area (Å²) in [7, 11) is 0. The number of rotatable bonds is 8. The molecular formula is C17H19ClN2O4S. The minimum absolute atomic E-state index is 0.100. The Labute approximate surface area is 155 Å². The highest BCUT2D eigenvalue weighted by Gasteiger charge is 2.17. The third kappa shape index (κ3) is 5.32. The van der Waals surface area contributed by atoms with Crippen LogP contribution in [0.15, 0.2) is 29.6 Å². The van der Waals surface area contributed by atoms with Gasteiger partial charge in [-0.3, -0.25) is 0 Å². The van der Waals surface area contributed by atoms with Crippen molar-refractivity contribution in [1.29, 1.82) is 0 Å². The molecule has 0 atom stereocenters. The molecule has 0 saturated heterocycles. The van der Waals surface area contributed by atoms with Crippen LogP contribution in [0.5, 0.6) is 5.88 Å². The lowest BCUT2D eigenvalue weighted by atomic mass is 10.1. The van der Waals surface area contributed by atoms with Gasteiger partial charge in [0.1, 0.15) is 5.56 Å². The van der Waals surface area contributed by atoms with Crippen LogP contribution in [0.3, 0.4) is 0 Å². The Morgan fingerprint density at radius 3 is 2.84 bits per heavy atom. The van der Waals surface area contributed by atoms with Crippen molar-refractivity contribution in [3.05, 3.63) is 46.1 Å². The molecule has 1 aromatic carbocycles. The van der Waals surface area contributed by atoms with E-state index in [2.05, 4.69) is 9.97 Å². The molecular weight excluding hydrogens is 364 g/mol. The first-order valence-corrected chi connectivity index (χ1v) is 9.28. The van der Waals surface area contributed by atoms with Gasteiger partial charge in [-0.2, -0.15) is 4.98 Å². The standard InChI is InChI=1S/C17H19ClN2O4S/c1-3-23-16(22)13-9-19-17(25-2)20-15(13)24-7-6-11-4-5-12(10-21)14(18)8-11/h4-5,8-9,21H,3,6-7,10H2,1-2H3. The number of aromatic nitrogens is 2. The number of carbonyl (C=O) groups is 1. The van der Waals surface area contributed by atoms with Gasteiger partial charge in [0.15, 0.2) is 5.16 Å². The molecule has 0 aliphatic rings. The molecule has 134 valence electrons. The van der Waals surface area contributed by atoms with E-state index in [0.717, 1.165) is 5.56 Å². The molecule has 1 N–H and O–H groups in total. The molecule has 0 fully saturated rings. The van der Waals surface area contributed by atoms with Gasteiger partial charge in [0, 0.05) is 17.6 Å². The summed E-state index contributed by atoms with van der Waals surface area (Å²) in [5.41, 5.74) is 1.84. The molecule has 0 aliphatic carbocycles. The Kier molecular flexibility index (Phi) is 7.49. The first-order valence-electron chi connectivity index (χ1n) is 7.68. The Morgan fingerprint density at radius 2 is 2.20 bits per heavy atom. The zero-order valence-electron chi connectivity index (χ0n) is 14.0. The zero-order valence-corrected chi connectivity index (χ0v) is 15.6. The molecule has 2 rings (SSSR count). The van der Waals surface area contributed by atoms with Crippen LogP contribution in [-0.2, 0) is 17.8 Å². The van der Waals surface area contributed by atoms with Gasteiger partial charge in [-0.15, -0.1) is 0 Å². The van der Waals surface area contributed by atoms with Crippen molar-refractivity contribution in [2.24, 2.45) is 0 Å². The summed E-state index contributed by atoms with van der Waals surface area (Å²) >= 11 is 7.44. The number of benzene rings is 1. The van der Waals surface area contributed by atoms with Crippen molar-refractivity contribution in [2.45, 2.75) is 25.1 Å². The smallest absolute Gasteiger partial charge is 0.345 e. The number of ether oxygens (including phenoxy) is 2. The Balaban J connectivity index is 2.08. The summed E-state index contributed by atoms with van der Waals surface area (Å²) in [6, 6.07) is 5.44. The van der Waals surface area contributed by atoms with E-state index in [1.165, 1.54) is 18.0 Å². The third-order valence-electron chi connectivity index (χ3n) is 3.33. The van der Waals surface area contributed by atoms with E-state index in [4.69, 9.17) is 26.2 Å². The number of aliphatic hydroxyl groups is 1. The fourth-order valence-corrected chi connectivity index (χ4v) is 2.64. The Hall–Kier alpha value is -1.83. The molecule has 1 aromatic heterocycles. The summed E-state index contributed by atoms with van der Waals surface area (Å²) in [6.07, 6.45) is 3.83. The van der Waals surface area contributed by atoms with Crippen LogP contribution in [0, 0.1) is 0 Å². The molecule has 0 aliphatic heterocycles. The number of thioether (sulfide) groups is 1. The SMILES string of the molecule is CCOC(=O)c1cnc(SC)nc1OCCc1ccc(CO)c(Cl)c1. The lowest BCUT2D eigenvalue weighted by Crippen LogP contribution is -2.12. The van der Waals surface area contributed by atoms with Crippen LogP contribution in [0.2, 0.25) is 5.02 Å². The highest BCUT2D eigenvalue weighted by atomic mass is 35.5. The highest BCUT2D eigenvalue weighted by Crippen LogP contribution is 2.21. The van der Waals surface area contributed by atoms with Crippen LogP contribution >= 0.6 is 23.4 Å². The number of carbonyl (C=O) groups excluding carboxylic acids is 1. The zero-order chi connectivity index (χ0) is 18.2. The normalized spacial score (nSPS) is 10.6. The fraction of sp³-hybridized carbons (Fsp3) is 0.353. The van der Waals surface area contributed by atoms with Gasteiger partial charge in [0.25, 0.3) is 0 Å². The van der Waals surface area contributed by atoms with Crippen LogP contribution in [-0.4, -0.2) is 40.5 Å². The second kappa shape index (κ2) is 9.60. The van der Waals surface area contributed by atoms with Crippen molar-refractivity contribution in [2.75, 3.05) is 19.5 Å². The van der Waals surface area contributed by atoms with Crippen LogP contribution in [0.25, 0.3) is 0 Å². The maximum Gasteiger partial charge on any atom is 0.345 e. The van der Waals surface area contributed by atoms with Crippen LogP contribution in [0.1, 0.15) is 28.4 Å². The Morgan fingerprint density at radius 1 is 1.40 bits per heavy atom. The molecule has 0 bridgehead atoms. The molecule has 8 heteroatoms. The maximum absolute atomic E-state index is 12.0. The summed E-state index contributed by atoms with van der Waals surface area (Å²) < 4.78 is 10.7. The molecule has 0 amide bonds. The molecule has 0 saturated carbocycles. The topological polar surface area (TPSA) is 81.5 Å². The van der Waals surface area contributed by atoms with Crippen LogP contribution < -0.4 is 4.74 Å². The predicted molar refractivity (Wildman–Crippen MR) is 96.3 cm³/mol. The number of nitrogens with zero attached hydrogens (tertiary/aromatic N) is 2. The number of aliphatic hydroxyl groups excluding tert-OH is 1.